The van der Waals surface area contributed by atoms with Gasteiger partial charge < -0.3 is 48.5 Å². The van der Waals surface area contributed by atoms with Crippen molar-refractivity contribution in [2.75, 3.05) is 7.11 Å². The number of aliphatic hydroxyl groups excluding tert-OH is 2. The minimum absolute atomic E-state index is 0.299. The van der Waals surface area contributed by atoms with Gasteiger partial charge in [0.05, 0.1) is 22.8 Å². The Morgan fingerprint density at radius 2 is 1.17 bits per heavy atom. The van der Waals surface area contributed by atoms with E-state index in [2.05, 4.69) is 0 Å². The van der Waals surface area contributed by atoms with Gasteiger partial charge in [0, 0.05) is 14.0 Å². The second kappa shape index (κ2) is 17.2. The van der Waals surface area contributed by atoms with Crippen LogP contribution in [-0.2, 0) is 38.0 Å². The molecule has 2 aliphatic heterocycles. The molecule has 0 aliphatic carbocycles. The monoisotopic (exact) mass is 724 g/mol. The van der Waals surface area contributed by atoms with Crippen molar-refractivity contribution in [1.29, 1.82) is 0 Å². The van der Waals surface area contributed by atoms with Crippen molar-refractivity contribution in [3.05, 3.63) is 108 Å². The molecular weight excluding hydrogens is 680 g/mol. The Morgan fingerprint density at radius 1 is 0.712 bits per heavy atom. The lowest BCUT2D eigenvalue weighted by molar-refractivity contribution is -0.207. The maximum absolute atomic E-state index is 13.1. The fourth-order valence-electron chi connectivity index (χ4n) is 5.72. The van der Waals surface area contributed by atoms with Gasteiger partial charge in [-0.15, -0.1) is 0 Å². The zero-order valence-corrected chi connectivity index (χ0v) is 29.6. The van der Waals surface area contributed by atoms with Gasteiger partial charge in [0.25, 0.3) is 0 Å². The average molecular weight is 725 g/mol. The predicted molar refractivity (Wildman–Crippen MR) is 182 cm³/mol. The van der Waals surface area contributed by atoms with Crippen LogP contribution in [0.15, 0.2) is 91.0 Å². The summed E-state index contributed by atoms with van der Waals surface area (Å²) >= 11 is 0. The quantitative estimate of drug-likeness (QED) is 0.204. The molecule has 52 heavy (non-hydrogen) atoms. The van der Waals surface area contributed by atoms with Gasteiger partial charge in [-0.2, -0.15) is 0 Å². The molecule has 0 radical (unpaired) electrons. The minimum Gasteiger partial charge on any atom is -0.456 e. The van der Waals surface area contributed by atoms with Crippen molar-refractivity contribution in [2.24, 2.45) is 0 Å². The number of benzene rings is 3. The fraction of sp³-hybridized carbons (Fsp3) is 0.421. The number of rotatable bonds is 10. The molecule has 0 spiro atoms. The Bertz CT molecular complexity index is 1650. The zero-order chi connectivity index (χ0) is 38.2. The van der Waals surface area contributed by atoms with E-state index in [1.165, 1.54) is 27.9 Å². The molecule has 10 atom stereocenters. The third kappa shape index (κ3) is 9.20. The summed E-state index contributed by atoms with van der Waals surface area (Å²) in [6, 6.07) is 25.3. The smallest absolute Gasteiger partial charge is 0.338 e. The molecule has 14 nitrogen and oxygen atoms in total. The molecule has 0 bridgehead atoms. The highest BCUT2D eigenvalue weighted by molar-refractivity contribution is 5.91. The van der Waals surface area contributed by atoms with Gasteiger partial charge in [-0.1, -0.05) is 54.6 Å². The number of ether oxygens (including phenoxy) is 7. The summed E-state index contributed by atoms with van der Waals surface area (Å²) < 4.78 is 38.8. The maximum atomic E-state index is 13.1. The van der Waals surface area contributed by atoms with E-state index in [4.69, 9.17) is 33.2 Å². The molecule has 280 valence electrons. The topological polar surface area (TPSA) is 194 Å². The predicted octanol–water partition coefficient (Wildman–Crippen LogP) is 3.21. The van der Waals surface area contributed by atoms with Crippen LogP contribution < -0.4 is 0 Å². The van der Waals surface area contributed by atoms with Gasteiger partial charge in [0.15, 0.2) is 17.3 Å². The number of hydrogen-bond acceptors (Lipinski definition) is 14. The highest BCUT2D eigenvalue weighted by Gasteiger charge is 2.61. The van der Waals surface area contributed by atoms with E-state index in [0.717, 1.165) is 0 Å². The Kier molecular flexibility index (Phi) is 13.3. The molecular formula is C38H44O14. The van der Waals surface area contributed by atoms with Gasteiger partial charge in [-0.25, -0.2) is 14.4 Å². The van der Waals surface area contributed by atoms with Crippen LogP contribution in [0.1, 0.15) is 65.7 Å². The van der Waals surface area contributed by atoms with Gasteiger partial charge >= 0.3 is 23.9 Å². The van der Waals surface area contributed by atoms with Gasteiger partial charge in [-0.05, 0) is 64.1 Å². The Morgan fingerprint density at radius 3 is 1.62 bits per heavy atom. The van der Waals surface area contributed by atoms with Crippen LogP contribution in [0.4, 0.5) is 0 Å². The van der Waals surface area contributed by atoms with Crippen LogP contribution in [0, 0.1) is 0 Å². The molecule has 5 rings (SSSR count). The molecule has 0 amide bonds. The summed E-state index contributed by atoms with van der Waals surface area (Å²) in [6.07, 6.45) is -8.68. The summed E-state index contributed by atoms with van der Waals surface area (Å²) in [7, 11) is 1.39. The van der Waals surface area contributed by atoms with Crippen molar-refractivity contribution >= 4 is 23.9 Å². The third-order valence-corrected chi connectivity index (χ3v) is 8.57. The van der Waals surface area contributed by atoms with E-state index in [9.17, 15) is 34.5 Å². The largest absolute Gasteiger partial charge is 0.456 e. The minimum atomic E-state index is -1.71. The standard InChI is InChI=1S/C29H28O8.C9H16O6/c1-19(34-25(30)20-13-7-4-8-14-20)23-24(36-26(31)21-15-9-5-10-16-21)29(2,28(33-3)35-23)37-27(32)22-17-11-6-12-18-22;1-4(10)6-7(12)9(3,13)8(15-6)14-5(2)11/h4-19,23-24,28H,1-3H3;4,6-8,10,12-13H,1-3H3/t19?,23-,24-,28+,29-;4-,6?,7+,8?,9+/m10/s1. The number of esters is 4. The molecule has 2 aliphatic rings. The highest BCUT2D eigenvalue weighted by Crippen LogP contribution is 2.40. The van der Waals surface area contributed by atoms with E-state index in [1.54, 1.807) is 105 Å². The van der Waals surface area contributed by atoms with E-state index in [-0.39, 0.29) is 0 Å². The molecule has 3 N–H and O–H groups in total. The van der Waals surface area contributed by atoms with E-state index >= 15 is 0 Å². The van der Waals surface area contributed by atoms with Crippen molar-refractivity contribution in [2.45, 2.75) is 95.0 Å². The lowest BCUT2D eigenvalue weighted by atomic mass is 9.94. The molecule has 2 heterocycles. The molecule has 2 saturated heterocycles. The average Bonchev–Trinajstić information content (AvgIpc) is 3.53. The summed E-state index contributed by atoms with van der Waals surface area (Å²) in [5.74, 6) is -2.50. The van der Waals surface area contributed by atoms with Crippen molar-refractivity contribution in [3.8, 4) is 0 Å². The number of aliphatic hydroxyl groups is 3. The summed E-state index contributed by atoms with van der Waals surface area (Å²) in [6.45, 7) is 7.05. The number of carbonyl (C=O) groups is 4. The Labute approximate surface area is 301 Å². The van der Waals surface area contributed by atoms with Crippen molar-refractivity contribution < 1.29 is 67.7 Å². The van der Waals surface area contributed by atoms with E-state index in [1.807, 2.05) is 0 Å². The molecule has 3 aromatic rings. The fourth-order valence-corrected chi connectivity index (χ4v) is 5.72. The summed E-state index contributed by atoms with van der Waals surface area (Å²) in [5.41, 5.74) is -2.32. The van der Waals surface area contributed by atoms with E-state index in [0.29, 0.717) is 16.7 Å². The second-order valence-electron chi connectivity index (χ2n) is 12.7. The highest BCUT2D eigenvalue weighted by atomic mass is 16.7. The van der Waals surface area contributed by atoms with Gasteiger partial charge in [0.1, 0.15) is 24.4 Å². The first kappa shape index (κ1) is 40.1. The summed E-state index contributed by atoms with van der Waals surface area (Å²) in [5, 5.41) is 28.7. The van der Waals surface area contributed by atoms with Crippen LogP contribution in [0.2, 0.25) is 0 Å². The first-order chi connectivity index (χ1) is 24.6. The molecule has 0 saturated carbocycles. The van der Waals surface area contributed by atoms with Crippen LogP contribution in [0.3, 0.4) is 0 Å². The zero-order valence-electron chi connectivity index (χ0n) is 29.6. The first-order valence-corrected chi connectivity index (χ1v) is 16.5. The number of hydrogen-bond donors (Lipinski definition) is 3. The van der Waals surface area contributed by atoms with Crippen molar-refractivity contribution in [1.82, 2.24) is 0 Å². The SMILES string of the molecule is CC(=O)OC1OC([C@H](C)O)[C@@H](O)[C@@]1(C)O.CO[C@H]1O[C@H](C(C)OC(=O)c2ccccc2)[C@@H](OC(=O)c2ccccc2)[C@@]1(C)OC(=O)c1ccccc1. The van der Waals surface area contributed by atoms with Crippen LogP contribution in [0.25, 0.3) is 0 Å². The lowest BCUT2D eigenvalue weighted by Gasteiger charge is -2.34. The molecule has 0 aromatic heterocycles. The second-order valence-corrected chi connectivity index (χ2v) is 12.7. The molecule has 14 heteroatoms. The molecule has 2 fully saturated rings. The van der Waals surface area contributed by atoms with Gasteiger partial charge in [0.2, 0.25) is 12.6 Å². The lowest BCUT2D eigenvalue weighted by Crippen LogP contribution is -2.53. The van der Waals surface area contributed by atoms with Gasteiger partial charge in [-0.3, -0.25) is 4.79 Å². The van der Waals surface area contributed by atoms with Crippen LogP contribution in [0.5, 0.6) is 0 Å². The van der Waals surface area contributed by atoms with Crippen molar-refractivity contribution in [3.63, 3.8) is 0 Å². The number of carbonyl (C=O) groups excluding carboxylic acids is 4. The molecule has 3 unspecified atom stereocenters. The summed E-state index contributed by atoms with van der Waals surface area (Å²) in [4.78, 5) is 49.6. The maximum Gasteiger partial charge on any atom is 0.338 e. The Hall–Kier alpha value is -4.70. The van der Waals surface area contributed by atoms with Crippen LogP contribution in [-0.4, -0.2) is 107 Å². The normalized spacial score (nSPS) is 29.1. The third-order valence-electron chi connectivity index (χ3n) is 8.57. The van der Waals surface area contributed by atoms with E-state index < -0.39 is 84.3 Å². The Balaban J connectivity index is 0.000000338. The molecule has 3 aromatic carbocycles. The number of methoxy groups -OCH3 is 1. The first-order valence-electron chi connectivity index (χ1n) is 16.5. The van der Waals surface area contributed by atoms with Crippen LogP contribution >= 0.6 is 0 Å².